The van der Waals surface area contributed by atoms with Gasteiger partial charge in [-0.1, -0.05) is 6.07 Å². The second-order valence-corrected chi connectivity index (χ2v) is 6.87. The van der Waals surface area contributed by atoms with Crippen molar-refractivity contribution in [2.24, 2.45) is 11.8 Å². The zero-order chi connectivity index (χ0) is 16.7. The first-order chi connectivity index (χ1) is 11.6. The van der Waals surface area contributed by atoms with Crippen LogP contribution in [-0.2, 0) is 11.2 Å². The van der Waals surface area contributed by atoms with Gasteiger partial charge in [0.1, 0.15) is 11.5 Å². The molecule has 2 aromatic rings. The summed E-state index contributed by atoms with van der Waals surface area (Å²) in [5.74, 6) is 2.61. The highest BCUT2D eigenvalue weighted by molar-refractivity contribution is 5.87. The van der Waals surface area contributed by atoms with E-state index >= 15 is 0 Å². The van der Waals surface area contributed by atoms with Crippen LogP contribution >= 0.6 is 0 Å². The van der Waals surface area contributed by atoms with Gasteiger partial charge in [-0.05, 0) is 55.9 Å². The third kappa shape index (κ3) is 2.90. The number of H-pyrrole nitrogens is 1. The fourth-order valence-electron chi connectivity index (χ4n) is 3.60. The van der Waals surface area contributed by atoms with Gasteiger partial charge in [-0.25, -0.2) is 9.78 Å². The van der Waals surface area contributed by atoms with Crippen molar-refractivity contribution >= 4 is 11.8 Å². The van der Waals surface area contributed by atoms with E-state index in [1.54, 1.807) is 6.07 Å². The van der Waals surface area contributed by atoms with Gasteiger partial charge < -0.3 is 14.6 Å². The highest BCUT2D eigenvalue weighted by Gasteiger charge is 2.45. The summed E-state index contributed by atoms with van der Waals surface area (Å²) in [7, 11) is 0. The van der Waals surface area contributed by atoms with Crippen molar-refractivity contribution in [2.45, 2.75) is 26.7 Å². The number of nitrogens with one attached hydrogen (secondary N) is 1. The second-order valence-electron chi connectivity index (χ2n) is 6.87. The summed E-state index contributed by atoms with van der Waals surface area (Å²) in [5.41, 5.74) is 3.74. The van der Waals surface area contributed by atoms with Crippen LogP contribution in [0, 0.1) is 18.8 Å². The first-order valence-corrected chi connectivity index (χ1v) is 8.70. The van der Waals surface area contributed by atoms with Gasteiger partial charge in [-0.3, -0.25) is 0 Å². The number of nitrogens with zero attached hydrogens (tertiary/aromatic N) is 2. The highest BCUT2D eigenvalue weighted by atomic mass is 16.5. The molecule has 2 atom stereocenters. The first-order valence-electron chi connectivity index (χ1n) is 8.70. The van der Waals surface area contributed by atoms with E-state index in [1.165, 1.54) is 12.0 Å². The molecule has 126 valence electrons. The van der Waals surface area contributed by atoms with Crippen molar-refractivity contribution in [3.63, 3.8) is 0 Å². The van der Waals surface area contributed by atoms with E-state index in [1.807, 2.05) is 13.0 Å². The van der Waals surface area contributed by atoms with Crippen LogP contribution in [0.1, 0.15) is 40.8 Å². The maximum atomic E-state index is 11.7. The standard InChI is InChI=1S/C19H23N3O2/c1-3-24-19(23)17-6-5-16(21-17)9-13-4-7-18(20-12(13)2)22-10-14-8-15(14)11-22/h4-7,14-15,21H,3,8-11H2,1-2H3. The van der Waals surface area contributed by atoms with E-state index in [-0.39, 0.29) is 5.97 Å². The zero-order valence-corrected chi connectivity index (χ0v) is 14.2. The molecular formula is C19H23N3O2. The minimum absolute atomic E-state index is 0.304. The fourth-order valence-corrected chi connectivity index (χ4v) is 3.60. The Morgan fingerprint density at radius 3 is 2.79 bits per heavy atom. The molecule has 0 radical (unpaired) electrons. The van der Waals surface area contributed by atoms with Crippen LogP contribution < -0.4 is 4.90 Å². The summed E-state index contributed by atoms with van der Waals surface area (Å²) in [6.07, 6.45) is 2.15. The Kier molecular flexibility index (Phi) is 3.79. The van der Waals surface area contributed by atoms with E-state index in [9.17, 15) is 4.79 Å². The summed E-state index contributed by atoms with van der Waals surface area (Å²) in [6.45, 7) is 6.58. The molecule has 24 heavy (non-hydrogen) atoms. The number of anilines is 1. The number of carbonyl (C=O) groups excluding carboxylic acids is 1. The molecule has 1 aliphatic heterocycles. The monoisotopic (exact) mass is 325 g/mol. The average molecular weight is 325 g/mol. The Bertz CT molecular complexity index is 758. The number of hydrogen-bond acceptors (Lipinski definition) is 4. The maximum absolute atomic E-state index is 11.7. The number of carbonyl (C=O) groups is 1. The van der Waals surface area contributed by atoms with Gasteiger partial charge in [-0.2, -0.15) is 0 Å². The molecule has 0 spiro atoms. The number of rotatable bonds is 5. The number of aromatic amines is 1. The summed E-state index contributed by atoms with van der Waals surface area (Å²) in [5, 5.41) is 0. The molecule has 1 N–H and O–H groups in total. The minimum atomic E-state index is -0.304. The number of aryl methyl sites for hydroxylation is 1. The molecule has 2 unspecified atom stereocenters. The van der Waals surface area contributed by atoms with Crippen LogP contribution in [0.25, 0.3) is 0 Å². The van der Waals surface area contributed by atoms with Crippen LogP contribution in [0.15, 0.2) is 24.3 Å². The van der Waals surface area contributed by atoms with Gasteiger partial charge in [0.05, 0.1) is 6.61 Å². The van der Waals surface area contributed by atoms with Gasteiger partial charge in [0, 0.05) is 30.9 Å². The van der Waals surface area contributed by atoms with Crippen molar-refractivity contribution in [3.05, 3.63) is 46.9 Å². The van der Waals surface area contributed by atoms with Crippen LogP contribution in [0.2, 0.25) is 0 Å². The topological polar surface area (TPSA) is 58.2 Å². The second kappa shape index (κ2) is 5.96. The van der Waals surface area contributed by atoms with Crippen LogP contribution in [0.3, 0.4) is 0 Å². The molecule has 1 aliphatic carbocycles. The predicted octanol–water partition coefficient (Wildman–Crippen LogP) is 2.94. The van der Waals surface area contributed by atoms with Crippen LogP contribution in [0.5, 0.6) is 0 Å². The Morgan fingerprint density at radius 2 is 2.08 bits per heavy atom. The van der Waals surface area contributed by atoms with Gasteiger partial charge in [-0.15, -0.1) is 0 Å². The van der Waals surface area contributed by atoms with Crippen molar-refractivity contribution in [1.82, 2.24) is 9.97 Å². The number of fused-ring (bicyclic) bond motifs is 1. The third-order valence-electron chi connectivity index (χ3n) is 5.11. The molecule has 2 fully saturated rings. The Morgan fingerprint density at radius 1 is 1.29 bits per heavy atom. The SMILES string of the molecule is CCOC(=O)c1ccc(Cc2ccc(N3CC4CC4C3)nc2C)[nH]1. The van der Waals surface area contributed by atoms with Crippen LogP contribution in [-0.4, -0.2) is 35.6 Å². The lowest BCUT2D eigenvalue weighted by molar-refractivity contribution is 0.0520. The molecule has 1 saturated carbocycles. The smallest absolute Gasteiger partial charge is 0.354 e. The van der Waals surface area contributed by atoms with E-state index in [2.05, 4.69) is 28.9 Å². The highest BCUT2D eigenvalue weighted by Crippen LogP contribution is 2.45. The minimum Gasteiger partial charge on any atom is -0.461 e. The third-order valence-corrected chi connectivity index (χ3v) is 5.11. The number of aromatic nitrogens is 2. The molecule has 2 aromatic heterocycles. The molecule has 3 heterocycles. The van der Waals surface area contributed by atoms with Crippen molar-refractivity contribution < 1.29 is 9.53 Å². The number of piperidine rings is 1. The van der Waals surface area contributed by atoms with E-state index in [0.29, 0.717) is 12.3 Å². The summed E-state index contributed by atoms with van der Waals surface area (Å²) in [6, 6.07) is 8.00. The molecule has 4 rings (SSSR count). The predicted molar refractivity (Wildman–Crippen MR) is 92.3 cm³/mol. The molecule has 0 aromatic carbocycles. The van der Waals surface area contributed by atoms with Gasteiger partial charge in [0.25, 0.3) is 0 Å². The quantitative estimate of drug-likeness (QED) is 0.859. The Hall–Kier alpha value is -2.30. The lowest BCUT2D eigenvalue weighted by Gasteiger charge is -2.20. The maximum Gasteiger partial charge on any atom is 0.354 e. The molecule has 5 heteroatoms. The number of pyridine rings is 1. The van der Waals surface area contributed by atoms with Gasteiger partial charge in [0.2, 0.25) is 0 Å². The summed E-state index contributed by atoms with van der Waals surface area (Å²) >= 11 is 0. The van der Waals surface area contributed by atoms with E-state index in [0.717, 1.165) is 48.6 Å². The fraction of sp³-hybridized carbons (Fsp3) is 0.474. The summed E-state index contributed by atoms with van der Waals surface area (Å²) < 4.78 is 5.01. The first kappa shape index (κ1) is 15.2. The molecule has 0 amide bonds. The van der Waals surface area contributed by atoms with E-state index < -0.39 is 0 Å². The lowest BCUT2D eigenvalue weighted by atomic mass is 10.1. The van der Waals surface area contributed by atoms with E-state index in [4.69, 9.17) is 9.72 Å². The molecule has 1 saturated heterocycles. The lowest BCUT2D eigenvalue weighted by Crippen LogP contribution is -2.23. The Labute approximate surface area is 142 Å². The van der Waals surface area contributed by atoms with Crippen molar-refractivity contribution in [1.29, 1.82) is 0 Å². The van der Waals surface area contributed by atoms with Gasteiger partial charge >= 0.3 is 5.97 Å². The van der Waals surface area contributed by atoms with Crippen molar-refractivity contribution in [2.75, 3.05) is 24.6 Å². The molecule has 2 aliphatic rings. The zero-order valence-electron chi connectivity index (χ0n) is 14.2. The summed E-state index contributed by atoms with van der Waals surface area (Å²) in [4.78, 5) is 22.1. The van der Waals surface area contributed by atoms with Gasteiger partial charge in [0.15, 0.2) is 0 Å². The Balaban J connectivity index is 1.45. The number of esters is 1. The normalized spacial score (nSPS) is 21.7. The largest absolute Gasteiger partial charge is 0.461 e. The molecule has 5 nitrogen and oxygen atoms in total. The average Bonchev–Trinajstić information content (AvgIpc) is 2.98. The molecular weight excluding hydrogens is 302 g/mol. The van der Waals surface area contributed by atoms with Crippen molar-refractivity contribution in [3.8, 4) is 0 Å². The number of ether oxygens (including phenoxy) is 1. The van der Waals surface area contributed by atoms with Crippen LogP contribution in [0.4, 0.5) is 5.82 Å². The number of hydrogen-bond donors (Lipinski definition) is 1. The molecule has 0 bridgehead atoms.